The molecule has 1 atom stereocenters. The van der Waals surface area contributed by atoms with Crippen LogP contribution < -0.4 is 14.8 Å². The van der Waals surface area contributed by atoms with E-state index in [1.165, 1.54) is 63.6 Å². The molecule has 0 saturated carbocycles. The van der Waals surface area contributed by atoms with Gasteiger partial charge >= 0.3 is 5.97 Å². The normalized spacial score (nSPS) is 11.2. The number of nitro benzene ring substituents is 1. The van der Waals surface area contributed by atoms with Crippen LogP contribution >= 0.6 is 0 Å². The smallest absolute Gasteiger partial charge is 0.337 e. The Bertz CT molecular complexity index is 849. The molecule has 0 unspecified atom stereocenters. The first kappa shape index (κ1) is 19.7. The number of anilines is 1. The number of methoxy groups -OCH3 is 2. The van der Waals surface area contributed by atoms with E-state index in [4.69, 9.17) is 9.47 Å². The lowest BCUT2D eigenvalue weighted by Crippen LogP contribution is -2.30. The highest BCUT2D eigenvalue weighted by molar-refractivity contribution is 5.95. The molecule has 27 heavy (non-hydrogen) atoms. The van der Waals surface area contributed by atoms with E-state index in [2.05, 4.69) is 10.1 Å². The lowest BCUT2D eigenvalue weighted by Gasteiger charge is -2.16. The van der Waals surface area contributed by atoms with Crippen molar-refractivity contribution in [1.29, 1.82) is 0 Å². The highest BCUT2D eigenvalue weighted by Gasteiger charge is 2.19. The molecular weight excluding hydrogens is 356 g/mol. The van der Waals surface area contributed by atoms with Crippen LogP contribution in [0.2, 0.25) is 0 Å². The van der Waals surface area contributed by atoms with Crippen LogP contribution in [0.15, 0.2) is 42.5 Å². The molecule has 0 fully saturated rings. The van der Waals surface area contributed by atoms with E-state index in [1.54, 1.807) is 0 Å². The van der Waals surface area contributed by atoms with Gasteiger partial charge in [0.15, 0.2) is 6.10 Å². The molecular formula is C18H18N2O7. The fourth-order valence-electron chi connectivity index (χ4n) is 2.19. The van der Waals surface area contributed by atoms with Crippen molar-refractivity contribution < 1.29 is 28.7 Å². The summed E-state index contributed by atoms with van der Waals surface area (Å²) in [4.78, 5) is 34.1. The van der Waals surface area contributed by atoms with E-state index in [1.807, 2.05) is 0 Å². The zero-order valence-corrected chi connectivity index (χ0v) is 14.9. The minimum absolute atomic E-state index is 0.160. The Hall–Kier alpha value is -3.62. The average Bonchev–Trinajstić information content (AvgIpc) is 2.67. The summed E-state index contributed by atoms with van der Waals surface area (Å²) in [5, 5.41) is 13.5. The lowest BCUT2D eigenvalue weighted by molar-refractivity contribution is -0.384. The van der Waals surface area contributed by atoms with E-state index >= 15 is 0 Å². The second-order valence-corrected chi connectivity index (χ2v) is 5.41. The van der Waals surface area contributed by atoms with Crippen molar-refractivity contribution in [2.45, 2.75) is 13.0 Å². The maximum Gasteiger partial charge on any atom is 0.337 e. The summed E-state index contributed by atoms with van der Waals surface area (Å²) in [7, 11) is 2.67. The predicted molar refractivity (Wildman–Crippen MR) is 96.1 cm³/mol. The molecule has 2 aromatic carbocycles. The summed E-state index contributed by atoms with van der Waals surface area (Å²) in [6, 6.07) is 9.95. The molecule has 0 aliphatic heterocycles. The minimum atomic E-state index is -0.905. The minimum Gasteiger partial charge on any atom is -0.495 e. The fourth-order valence-corrected chi connectivity index (χ4v) is 2.19. The summed E-state index contributed by atoms with van der Waals surface area (Å²) in [5.74, 6) is -0.351. The third kappa shape index (κ3) is 4.94. The second kappa shape index (κ2) is 8.65. The highest BCUT2D eigenvalue weighted by Crippen LogP contribution is 2.29. The molecule has 0 saturated heterocycles. The van der Waals surface area contributed by atoms with Gasteiger partial charge in [0, 0.05) is 12.1 Å². The molecule has 0 aliphatic rings. The molecule has 0 spiro atoms. The van der Waals surface area contributed by atoms with Crippen molar-refractivity contribution in [3.05, 3.63) is 58.1 Å². The Kier molecular flexibility index (Phi) is 6.32. The SMILES string of the molecule is COC(=O)c1ccc(O[C@H](C)C(=O)Nc2cc([N+](=O)[O-])ccc2OC)cc1. The van der Waals surface area contributed by atoms with Gasteiger partial charge in [-0.1, -0.05) is 0 Å². The number of nitrogens with zero attached hydrogens (tertiary/aromatic N) is 1. The number of carbonyl (C=O) groups excluding carboxylic acids is 2. The van der Waals surface area contributed by atoms with Gasteiger partial charge in [-0.15, -0.1) is 0 Å². The fraction of sp³-hybridized carbons (Fsp3) is 0.222. The Morgan fingerprint density at radius 2 is 1.78 bits per heavy atom. The molecule has 1 N–H and O–H groups in total. The number of nitrogens with one attached hydrogen (secondary N) is 1. The summed E-state index contributed by atoms with van der Waals surface area (Å²) in [5.41, 5.74) is 0.328. The number of hydrogen-bond donors (Lipinski definition) is 1. The van der Waals surface area contributed by atoms with Gasteiger partial charge in [-0.3, -0.25) is 14.9 Å². The molecule has 0 heterocycles. The topological polar surface area (TPSA) is 117 Å². The van der Waals surface area contributed by atoms with Crippen LogP contribution in [0, 0.1) is 10.1 Å². The summed E-state index contributed by atoms with van der Waals surface area (Å²) < 4.78 is 15.2. The molecule has 0 aliphatic carbocycles. The Morgan fingerprint density at radius 3 is 2.33 bits per heavy atom. The molecule has 9 heteroatoms. The van der Waals surface area contributed by atoms with Gasteiger partial charge in [0.1, 0.15) is 11.5 Å². The average molecular weight is 374 g/mol. The van der Waals surface area contributed by atoms with Gasteiger partial charge in [0.2, 0.25) is 0 Å². The van der Waals surface area contributed by atoms with Crippen molar-refractivity contribution in [3.63, 3.8) is 0 Å². The van der Waals surface area contributed by atoms with Crippen molar-refractivity contribution >= 4 is 23.3 Å². The van der Waals surface area contributed by atoms with E-state index < -0.39 is 22.9 Å². The molecule has 0 bridgehead atoms. The number of rotatable bonds is 7. The van der Waals surface area contributed by atoms with Crippen molar-refractivity contribution in [3.8, 4) is 11.5 Å². The van der Waals surface area contributed by atoms with Crippen LogP contribution in [-0.4, -0.2) is 37.1 Å². The van der Waals surface area contributed by atoms with Gasteiger partial charge in [-0.05, 0) is 37.3 Å². The number of nitro groups is 1. The van der Waals surface area contributed by atoms with Gasteiger partial charge in [-0.2, -0.15) is 0 Å². The van der Waals surface area contributed by atoms with Crippen LogP contribution in [-0.2, 0) is 9.53 Å². The number of carbonyl (C=O) groups is 2. The Morgan fingerprint density at radius 1 is 1.11 bits per heavy atom. The number of benzene rings is 2. The van der Waals surface area contributed by atoms with E-state index in [9.17, 15) is 19.7 Å². The van der Waals surface area contributed by atoms with Crippen LogP contribution in [0.5, 0.6) is 11.5 Å². The largest absolute Gasteiger partial charge is 0.495 e. The molecule has 2 rings (SSSR count). The van der Waals surface area contributed by atoms with E-state index in [-0.39, 0.29) is 17.1 Å². The first-order chi connectivity index (χ1) is 12.8. The third-order valence-electron chi connectivity index (χ3n) is 3.61. The van der Waals surface area contributed by atoms with E-state index in [0.717, 1.165) is 0 Å². The first-order valence-electron chi connectivity index (χ1n) is 7.84. The van der Waals surface area contributed by atoms with Gasteiger partial charge in [-0.25, -0.2) is 4.79 Å². The zero-order valence-electron chi connectivity index (χ0n) is 14.9. The third-order valence-corrected chi connectivity index (χ3v) is 3.61. The maximum absolute atomic E-state index is 12.4. The van der Waals surface area contributed by atoms with Gasteiger partial charge in [0.25, 0.3) is 11.6 Å². The maximum atomic E-state index is 12.4. The Labute approximate surface area is 155 Å². The quantitative estimate of drug-likeness (QED) is 0.450. The summed E-state index contributed by atoms with van der Waals surface area (Å²) in [6.45, 7) is 1.52. The van der Waals surface area contributed by atoms with Crippen molar-refractivity contribution in [2.24, 2.45) is 0 Å². The van der Waals surface area contributed by atoms with Crippen LogP contribution in [0.3, 0.4) is 0 Å². The molecule has 9 nitrogen and oxygen atoms in total. The van der Waals surface area contributed by atoms with E-state index in [0.29, 0.717) is 11.3 Å². The number of esters is 1. The monoisotopic (exact) mass is 374 g/mol. The highest BCUT2D eigenvalue weighted by atomic mass is 16.6. The van der Waals surface area contributed by atoms with Crippen molar-refractivity contribution in [2.75, 3.05) is 19.5 Å². The first-order valence-corrected chi connectivity index (χ1v) is 7.84. The molecule has 142 valence electrons. The van der Waals surface area contributed by atoms with Gasteiger partial charge < -0.3 is 19.5 Å². The number of amides is 1. The number of hydrogen-bond acceptors (Lipinski definition) is 7. The van der Waals surface area contributed by atoms with Crippen LogP contribution in [0.1, 0.15) is 17.3 Å². The molecule has 1 amide bonds. The molecule has 2 aromatic rings. The Balaban J connectivity index is 2.08. The van der Waals surface area contributed by atoms with Crippen LogP contribution in [0.25, 0.3) is 0 Å². The molecule has 0 aromatic heterocycles. The standard InChI is InChI=1S/C18H18N2O7/c1-11(27-14-7-4-12(5-8-14)18(22)26-3)17(21)19-15-10-13(20(23)24)6-9-16(15)25-2/h4-11H,1-3H3,(H,19,21)/t11-/m1/s1. The summed E-state index contributed by atoms with van der Waals surface area (Å²) >= 11 is 0. The molecule has 0 radical (unpaired) electrons. The second-order valence-electron chi connectivity index (χ2n) is 5.41. The van der Waals surface area contributed by atoms with Crippen molar-refractivity contribution in [1.82, 2.24) is 0 Å². The van der Waals surface area contributed by atoms with Crippen LogP contribution in [0.4, 0.5) is 11.4 Å². The number of ether oxygens (including phenoxy) is 3. The zero-order chi connectivity index (χ0) is 20.0. The number of non-ortho nitro benzene ring substituents is 1. The predicted octanol–water partition coefficient (Wildman–Crippen LogP) is 2.80. The lowest BCUT2D eigenvalue weighted by atomic mass is 10.2. The van der Waals surface area contributed by atoms with Gasteiger partial charge in [0.05, 0.1) is 30.4 Å². The summed E-state index contributed by atoms with van der Waals surface area (Å²) in [6.07, 6.45) is -0.905.